The molecule has 0 aromatic heterocycles. The molecule has 17 heavy (non-hydrogen) atoms. The highest BCUT2D eigenvalue weighted by Gasteiger charge is 2.48. The lowest BCUT2D eigenvalue weighted by atomic mass is 9.97. The Bertz CT molecular complexity index is 368. The molecule has 1 heterocycles. The third-order valence-electron chi connectivity index (χ3n) is 2.97. The number of carbonyl (C=O) groups excluding carboxylic acids is 1. The van der Waals surface area contributed by atoms with Crippen molar-refractivity contribution in [2.24, 2.45) is 0 Å². The Morgan fingerprint density at radius 3 is 2.59 bits per heavy atom. The number of hydrogen-bond donors (Lipinski definition) is 2. The van der Waals surface area contributed by atoms with Gasteiger partial charge in [0.15, 0.2) is 0 Å². The molecule has 0 amide bonds. The number of ketones is 1. The van der Waals surface area contributed by atoms with Crippen LogP contribution in [0.25, 0.3) is 0 Å². The summed E-state index contributed by atoms with van der Waals surface area (Å²) in [6.07, 6.45) is 5.44. The number of allylic oxidation sites excluding steroid dienone is 2. The van der Waals surface area contributed by atoms with Crippen molar-refractivity contribution in [3.63, 3.8) is 0 Å². The van der Waals surface area contributed by atoms with E-state index in [1.54, 1.807) is 6.08 Å². The molecule has 0 aromatic rings. The molecule has 1 aliphatic heterocycles. The second-order valence-electron chi connectivity index (χ2n) is 4.45. The summed E-state index contributed by atoms with van der Waals surface area (Å²) in [4.78, 5) is 11.7. The van der Waals surface area contributed by atoms with Gasteiger partial charge in [0, 0.05) is 0 Å². The first kappa shape index (κ1) is 13.6. The third kappa shape index (κ3) is 2.62. The molecule has 1 aliphatic rings. The normalized spacial score (nSPS) is 25.4. The SMILES string of the molecule is CCCCCC=C(O)C1(C)OC(C)=C(O)C1=O. The van der Waals surface area contributed by atoms with Crippen LogP contribution in [-0.4, -0.2) is 21.6 Å². The molecule has 0 radical (unpaired) electrons. The number of ether oxygens (including phenoxy) is 1. The van der Waals surface area contributed by atoms with Crippen molar-refractivity contribution in [1.82, 2.24) is 0 Å². The predicted molar refractivity (Wildman–Crippen MR) is 64.7 cm³/mol. The zero-order valence-electron chi connectivity index (χ0n) is 10.6. The highest BCUT2D eigenvalue weighted by Crippen LogP contribution is 2.33. The van der Waals surface area contributed by atoms with E-state index >= 15 is 0 Å². The number of aliphatic hydroxyl groups is 2. The van der Waals surface area contributed by atoms with Crippen LogP contribution in [0, 0.1) is 0 Å². The second kappa shape index (κ2) is 5.25. The Kier molecular flexibility index (Phi) is 4.21. The fraction of sp³-hybridized carbons (Fsp3) is 0.615. The number of rotatable bonds is 5. The molecule has 0 aromatic carbocycles. The van der Waals surface area contributed by atoms with E-state index in [1.807, 2.05) is 0 Å². The second-order valence-corrected chi connectivity index (χ2v) is 4.45. The summed E-state index contributed by atoms with van der Waals surface area (Å²) >= 11 is 0. The average Bonchev–Trinajstić information content (AvgIpc) is 2.50. The van der Waals surface area contributed by atoms with E-state index in [0.717, 1.165) is 19.3 Å². The number of Topliss-reactive ketones (excluding diaryl/α,β-unsaturated/α-hetero) is 1. The molecule has 4 nitrogen and oxygen atoms in total. The van der Waals surface area contributed by atoms with Crippen LogP contribution in [0.15, 0.2) is 23.4 Å². The summed E-state index contributed by atoms with van der Waals surface area (Å²) < 4.78 is 5.25. The van der Waals surface area contributed by atoms with Gasteiger partial charge in [0.1, 0.15) is 11.5 Å². The first-order chi connectivity index (χ1) is 7.93. The van der Waals surface area contributed by atoms with Crippen LogP contribution in [0.3, 0.4) is 0 Å². The Balaban J connectivity index is 2.70. The van der Waals surface area contributed by atoms with E-state index < -0.39 is 17.1 Å². The fourth-order valence-corrected chi connectivity index (χ4v) is 1.78. The van der Waals surface area contributed by atoms with Gasteiger partial charge in [-0.05, 0) is 32.8 Å². The Labute approximate surface area is 102 Å². The van der Waals surface area contributed by atoms with Gasteiger partial charge in [-0.25, -0.2) is 0 Å². The van der Waals surface area contributed by atoms with Crippen LogP contribution >= 0.6 is 0 Å². The van der Waals surface area contributed by atoms with Crippen molar-refractivity contribution < 1.29 is 19.7 Å². The largest absolute Gasteiger partial charge is 0.508 e. The maximum atomic E-state index is 11.7. The van der Waals surface area contributed by atoms with Crippen molar-refractivity contribution in [3.8, 4) is 0 Å². The molecule has 96 valence electrons. The number of unbranched alkanes of at least 4 members (excludes halogenated alkanes) is 3. The van der Waals surface area contributed by atoms with Crippen molar-refractivity contribution in [1.29, 1.82) is 0 Å². The van der Waals surface area contributed by atoms with Gasteiger partial charge in [-0.1, -0.05) is 19.8 Å². The summed E-state index contributed by atoms with van der Waals surface area (Å²) in [7, 11) is 0. The van der Waals surface area contributed by atoms with Gasteiger partial charge < -0.3 is 14.9 Å². The fourth-order valence-electron chi connectivity index (χ4n) is 1.78. The van der Waals surface area contributed by atoms with Gasteiger partial charge in [0.2, 0.25) is 11.4 Å². The minimum absolute atomic E-state index is 0.123. The lowest BCUT2D eigenvalue weighted by Crippen LogP contribution is -2.36. The van der Waals surface area contributed by atoms with Crippen LogP contribution in [0.2, 0.25) is 0 Å². The average molecular weight is 240 g/mol. The van der Waals surface area contributed by atoms with Gasteiger partial charge >= 0.3 is 0 Å². The van der Waals surface area contributed by atoms with Gasteiger partial charge in [-0.3, -0.25) is 4.79 Å². The molecule has 0 saturated carbocycles. The highest BCUT2D eigenvalue weighted by molar-refractivity contribution is 6.03. The molecular weight excluding hydrogens is 220 g/mol. The van der Waals surface area contributed by atoms with Gasteiger partial charge in [0.05, 0.1) is 0 Å². The Morgan fingerprint density at radius 1 is 1.47 bits per heavy atom. The lowest BCUT2D eigenvalue weighted by molar-refractivity contribution is -0.129. The molecule has 1 rings (SSSR count). The maximum Gasteiger partial charge on any atom is 0.251 e. The van der Waals surface area contributed by atoms with Crippen LogP contribution in [0.5, 0.6) is 0 Å². The van der Waals surface area contributed by atoms with Crippen LogP contribution in [0.4, 0.5) is 0 Å². The summed E-state index contributed by atoms with van der Waals surface area (Å²) in [6.45, 7) is 5.07. The molecule has 2 N–H and O–H groups in total. The molecular formula is C13H20O4. The molecule has 0 saturated heterocycles. The third-order valence-corrected chi connectivity index (χ3v) is 2.97. The van der Waals surface area contributed by atoms with Gasteiger partial charge in [-0.2, -0.15) is 0 Å². The highest BCUT2D eigenvalue weighted by atomic mass is 16.5. The Hall–Kier alpha value is -1.45. The van der Waals surface area contributed by atoms with Crippen molar-refractivity contribution >= 4 is 5.78 Å². The topological polar surface area (TPSA) is 66.8 Å². The number of carbonyl (C=O) groups is 1. The van der Waals surface area contributed by atoms with E-state index in [9.17, 15) is 15.0 Å². The van der Waals surface area contributed by atoms with Crippen LogP contribution < -0.4 is 0 Å². The quantitative estimate of drug-likeness (QED) is 0.572. The minimum Gasteiger partial charge on any atom is -0.508 e. The molecule has 4 heteroatoms. The Morgan fingerprint density at radius 2 is 2.12 bits per heavy atom. The first-order valence-corrected chi connectivity index (χ1v) is 5.96. The van der Waals surface area contributed by atoms with E-state index in [2.05, 4.69) is 6.92 Å². The number of aliphatic hydroxyl groups excluding tert-OH is 2. The van der Waals surface area contributed by atoms with E-state index in [1.165, 1.54) is 13.8 Å². The van der Waals surface area contributed by atoms with E-state index in [-0.39, 0.29) is 11.5 Å². The molecule has 0 bridgehead atoms. The van der Waals surface area contributed by atoms with E-state index in [0.29, 0.717) is 6.42 Å². The molecule has 0 spiro atoms. The number of hydrogen-bond acceptors (Lipinski definition) is 4. The molecule has 1 unspecified atom stereocenters. The van der Waals surface area contributed by atoms with Crippen LogP contribution in [0.1, 0.15) is 46.5 Å². The first-order valence-electron chi connectivity index (χ1n) is 5.96. The standard InChI is InChI=1S/C13H20O4/c1-4-5-6-7-8-10(14)13(3)12(16)11(15)9(2)17-13/h8,14-15H,4-7H2,1-3H3. The van der Waals surface area contributed by atoms with Crippen molar-refractivity contribution in [3.05, 3.63) is 23.4 Å². The molecule has 0 fully saturated rings. The van der Waals surface area contributed by atoms with Crippen molar-refractivity contribution in [2.75, 3.05) is 0 Å². The zero-order chi connectivity index (χ0) is 13.1. The molecule has 1 atom stereocenters. The minimum atomic E-state index is -1.44. The van der Waals surface area contributed by atoms with Crippen molar-refractivity contribution in [2.45, 2.75) is 52.1 Å². The lowest BCUT2D eigenvalue weighted by Gasteiger charge is -2.21. The summed E-state index contributed by atoms with van der Waals surface area (Å²) in [5.74, 6) is -0.951. The van der Waals surface area contributed by atoms with E-state index in [4.69, 9.17) is 4.74 Å². The predicted octanol–water partition coefficient (Wildman–Crippen LogP) is 3.16. The smallest absolute Gasteiger partial charge is 0.251 e. The van der Waals surface area contributed by atoms with Gasteiger partial charge in [0.25, 0.3) is 5.78 Å². The summed E-state index contributed by atoms with van der Waals surface area (Å²) in [5, 5.41) is 19.3. The molecule has 0 aliphatic carbocycles. The zero-order valence-corrected chi connectivity index (χ0v) is 10.6. The van der Waals surface area contributed by atoms with Crippen LogP contribution in [-0.2, 0) is 9.53 Å². The monoisotopic (exact) mass is 240 g/mol. The summed E-state index contributed by atoms with van der Waals surface area (Å²) in [6, 6.07) is 0. The maximum absolute atomic E-state index is 11.7. The van der Waals surface area contributed by atoms with Gasteiger partial charge in [-0.15, -0.1) is 0 Å². The summed E-state index contributed by atoms with van der Waals surface area (Å²) in [5.41, 5.74) is -1.44.